The lowest BCUT2D eigenvalue weighted by Gasteiger charge is -2.09. The number of anilines is 1. The molecule has 2 aromatic carbocycles. The number of aryl methyl sites for hydroxylation is 1. The van der Waals surface area contributed by atoms with Crippen molar-refractivity contribution in [2.24, 2.45) is 0 Å². The minimum Gasteiger partial charge on any atom is -0.497 e. The van der Waals surface area contributed by atoms with Gasteiger partial charge in [0, 0.05) is 11.1 Å². The summed E-state index contributed by atoms with van der Waals surface area (Å²) in [5.41, 5.74) is 1.57. The van der Waals surface area contributed by atoms with Crippen LogP contribution in [0.25, 0.3) is 11.1 Å². The van der Waals surface area contributed by atoms with E-state index >= 15 is 0 Å². The molecule has 126 valence electrons. The highest BCUT2D eigenvalue weighted by Crippen LogP contribution is 2.26. The molecule has 1 N–H and O–H groups in total. The Morgan fingerprint density at radius 2 is 1.72 bits per heavy atom. The van der Waals surface area contributed by atoms with Gasteiger partial charge in [0.2, 0.25) is 0 Å². The van der Waals surface area contributed by atoms with Crippen LogP contribution in [0.15, 0.2) is 69.9 Å². The molecule has 3 aromatic rings. The van der Waals surface area contributed by atoms with Crippen molar-refractivity contribution in [1.82, 2.24) is 0 Å². The predicted octanol–water partition coefficient (Wildman–Crippen LogP) is 3.88. The average Bonchev–Trinajstić information content (AvgIpc) is 2.64. The van der Waals surface area contributed by atoms with Crippen LogP contribution >= 0.6 is 0 Å². The number of amides is 1. The summed E-state index contributed by atoms with van der Waals surface area (Å²) >= 11 is 0. The first-order valence-electron chi connectivity index (χ1n) is 7.74. The SMILES string of the molecule is COc1ccc(-c2cc(NC(=O)c3ccccc3)c(=O)oc2C)cc1. The molecule has 3 rings (SSSR count). The first-order chi connectivity index (χ1) is 12.1. The van der Waals surface area contributed by atoms with E-state index < -0.39 is 5.63 Å². The van der Waals surface area contributed by atoms with Crippen LogP contribution in [-0.4, -0.2) is 13.0 Å². The highest BCUT2D eigenvalue weighted by atomic mass is 16.5. The van der Waals surface area contributed by atoms with Gasteiger partial charge in [0.25, 0.3) is 5.91 Å². The number of carbonyl (C=O) groups is 1. The summed E-state index contributed by atoms with van der Waals surface area (Å²) in [6.07, 6.45) is 0. The van der Waals surface area contributed by atoms with E-state index in [9.17, 15) is 9.59 Å². The maximum Gasteiger partial charge on any atom is 0.359 e. The third-order valence-electron chi connectivity index (χ3n) is 3.82. The van der Waals surface area contributed by atoms with Gasteiger partial charge in [-0.15, -0.1) is 0 Å². The van der Waals surface area contributed by atoms with E-state index in [1.807, 2.05) is 30.3 Å². The van der Waals surface area contributed by atoms with Crippen molar-refractivity contribution < 1.29 is 13.9 Å². The number of carbonyl (C=O) groups excluding carboxylic acids is 1. The normalized spacial score (nSPS) is 10.3. The van der Waals surface area contributed by atoms with Crippen LogP contribution in [0, 0.1) is 6.92 Å². The van der Waals surface area contributed by atoms with Crippen molar-refractivity contribution in [2.75, 3.05) is 12.4 Å². The van der Waals surface area contributed by atoms with Gasteiger partial charge in [-0.1, -0.05) is 30.3 Å². The quantitative estimate of drug-likeness (QED) is 0.786. The van der Waals surface area contributed by atoms with E-state index in [-0.39, 0.29) is 11.6 Å². The number of rotatable bonds is 4. The minimum atomic E-state index is -0.584. The molecule has 25 heavy (non-hydrogen) atoms. The molecule has 0 fully saturated rings. The first-order valence-corrected chi connectivity index (χ1v) is 7.74. The molecule has 1 amide bonds. The predicted molar refractivity (Wildman–Crippen MR) is 96.1 cm³/mol. The Labute approximate surface area is 144 Å². The van der Waals surface area contributed by atoms with Gasteiger partial charge >= 0.3 is 5.63 Å². The molecule has 0 aliphatic heterocycles. The molecule has 1 aromatic heterocycles. The molecular weight excluding hydrogens is 318 g/mol. The zero-order chi connectivity index (χ0) is 17.8. The Bertz CT molecular complexity index is 944. The summed E-state index contributed by atoms with van der Waals surface area (Å²) in [4.78, 5) is 24.4. The minimum absolute atomic E-state index is 0.102. The largest absolute Gasteiger partial charge is 0.497 e. The molecule has 5 nitrogen and oxygen atoms in total. The van der Waals surface area contributed by atoms with Crippen molar-refractivity contribution in [3.8, 4) is 16.9 Å². The smallest absolute Gasteiger partial charge is 0.359 e. The topological polar surface area (TPSA) is 68.5 Å². The number of methoxy groups -OCH3 is 1. The van der Waals surface area contributed by atoms with Gasteiger partial charge in [-0.05, 0) is 42.8 Å². The Morgan fingerprint density at radius 3 is 2.36 bits per heavy atom. The lowest BCUT2D eigenvalue weighted by atomic mass is 10.0. The molecule has 0 radical (unpaired) electrons. The molecule has 0 aliphatic carbocycles. The summed E-state index contributed by atoms with van der Waals surface area (Å²) in [6, 6.07) is 17.7. The maximum absolute atomic E-state index is 12.3. The number of hydrogen-bond acceptors (Lipinski definition) is 4. The summed E-state index contributed by atoms with van der Waals surface area (Å²) in [5, 5.41) is 2.62. The molecule has 0 aliphatic rings. The highest BCUT2D eigenvalue weighted by Gasteiger charge is 2.13. The van der Waals surface area contributed by atoms with Gasteiger partial charge in [-0.25, -0.2) is 4.79 Å². The molecule has 0 atom stereocenters. The zero-order valence-electron chi connectivity index (χ0n) is 13.9. The van der Waals surface area contributed by atoms with Gasteiger partial charge in [-0.3, -0.25) is 4.79 Å². The Hall–Kier alpha value is -3.34. The average molecular weight is 335 g/mol. The van der Waals surface area contributed by atoms with Crippen molar-refractivity contribution in [1.29, 1.82) is 0 Å². The summed E-state index contributed by atoms with van der Waals surface area (Å²) in [7, 11) is 1.60. The lowest BCUT2D eigenvalue weighted by molar-refractivity contribution is 0.102. The summed E-state index contributed by atoms with van der Waals surface area (Å²) in [6.45, 7) is 1.71. The number of ether oxygens (including phenoxy) is 1. The van der Waals surface area contributed by atoms with Crippen molar-refractivity contribution in [3.63, 3.8) is 0 Å². The fraction of sp³-hybridized carbons (Fsp3) is 0.100. The second-order valence-electron chi connectivity index (χ2n) is 5.47. The van der Waals surface area contributed by atoms with Crippen molar-refractivity contribution in [3.05, 3.63) is 82.4 Å². The van der Waals surface area contributed by atoms with E-state index in [4.69, 9.17) is 9.15 Å². The van der Waals surface area contributed by atoms with Crippen molar-refractivity contribution in [2.45, 2.75) is 6.92 Å². The van der Waals surface area contributed by atoms with Crippen molar-refractivity contribution >= 4 is 11.6 Å². The van der Waals surface area contributed by atoms with E-state index in [1.54, 1.807) is 44.4 Å². The molecular formula is C20H17NO4. The number of benzene rings is 2. The maximum atomic E-state index is 12.3. The molecule has 0 saturated carbocycles. The summed E-state index contributed by atoms with van der Waals surface area (Å²) in [5.74, 6) is 0.849. The van der Waals surface area contributed by atoms with E-state index in [0.717, 1.165) is 16.9 Å². The van der Waals surface area contributed by atoms with Gasteiger partial charge in [-0.2, -0.15) is 0 Å². The van der Waals surface area contributed by atoms with Crippen LogP contribution in [0.5, 0.6) is 5.75 Å². The monoisotopic (exact) mass is 335 g/mol. The van der Waals surface area contributed by atoms with Crippen LogP contribution < -0.4 is 15.7 Å². The lowest BCUT2D eigenvalue weighted by Crippen LogP contribution is -2.18. The Balaban J connectivity index is 1.95. The third-order valence-corrected chi connectivity index (χ3v) is 3.82. The Morgan fingerprint density at radius 1 is 1.04 bits per heavy atom. The molecule has 0 bridgehead atoms. The molecule has 0 spiro atoms. The van der Waals surface area contributed by atoms with E-state index in [0.29, 0.717) is 11.3 Å². The van der Waals surface area contributed by atoms with Gasteiger partial charge in [0.1, 0.15) is 17.2 Å². The fourth-order valence-electron chi connectivity index (χ4n) is 2.48. The molecule has 1 heterocycles. The van der Waals surface area contributed by atoms with Crippen LogP contribution in [-0.2, 0) is 0 Å². The van der Waals surface area contributed by atoms with Gasteiger partial charge in [0.15, 0.2) is 0 Å². The van der Waals surface area contributed by atoms with Crippen LogP contribution in [0.3, 0.4) is 0 Å². The Kier molecular flexibility index (Phi) is 4.66. The van der Waals surface area contributed by atoms with Crippen LogP contribution in [0.2, 0.25) is 0 Å². The third kappa shape index (κ3) is 3.61. The van der Waals surface area contributed by atoms with Gasteiger partial charge in [0.05, 0.1) is 7.11 Å². The standard InChI is InChI=1S/C20H17NO4/c1-13-17(14-8-10-16(24-2)11-9-14)12-18(20(23)25-13)21-19(22)15-6-4-3-5-7-15/h3-12H,1-2H3,(H,21,22). The first kappa shape index (κ1) is 16.5. The number of nitrogens with one attached hydrogen (secondary N) is 1. The van der Waals surface area contributed by atoms with E-state index in [1.165, 1.54) is 0 Å². The second-order valence-corrected chi connectivity index (χ2v) is 5.47. The van der Waals surface area contributed by atoms with Gasteiger partial charge < -0.3 is 14.5 Å². The van der Waals surface area contributed by atoms with Crippen LogP contribution in [0.4, 0.5) is 5.69 Å². The zero-order valence-corrected chi connectivity index (χ0v) is 13.9. The van der Waals surface area contributed by atoms with E-state index in [2.05, 4.69) is 5.32 Å². The molecule has 0 unspecified atom stereocenters. The van der Waals surface area contributed by atoms with Crippen LogP contribution in [0.1, 0.15) is 16.1 Å². The second kappa shape index (κ2) is 7.05. The highest BCUT2D eigenvalue weighted by molar-refractivity contribution is 6.04. The molecule has 0 saturated heterocycles. The molecule has 5 heteroatoms. The fourth-order valence-corrected chi connectivity index (χ4v) is 2.48. The summed E-state index contributed by atoms with van der Waals surface area (Å²) < 4.78 is 10.4. The number of hydrogen-bond donors (Lipinski definition) is 1.